The molecule has 10 heteroatoms. The topological polar surface area (TPSA) is 94.7 Å². The van der Waals surface area contributed by atoms with Crippen LogP contribution in [0.25, 0.3) is 0 Å². The molecular weight excluding hydrogens is 343 g/mol. The Kier molecular flexibility index (Phi) is 5.30. The molecule has 0 spiro atoms. The van der Waals surface area contributed by atoms with E-state index >= 15 is 0 Å². The number of alkyl halides is 3. The number of esters is 1. The molecule has 0 aromatic carbocycles. The van der Waals surface area contributed by atoms with Crippen LogP contribution in [0, 0.1) is 0 Å². The number of pyridine rings is 1. The summed E-state index contributed by atoms with van der Waals surface area (Å²) in [6.07, 6.45) is -2.75. The van der Waals surface area contributed by atoms with Crippen LogP contribution in [0.15, 0.2) is 47.2 Å². The summed E-state index contributed by atoms with van der Waals surface area (Å²) in [6.45, 7) is 1.04. The summed E-state index contributed by atoms with van der Waals surface area (Å²) in [6, 6.07) is 6.73. The van der Waals surface area contributed by atoms with Crippen molar-refractivity contribution in [1.82, 2.24) is 5.32 Å². The van der Waals surface area contributed by atoms with E-state index in [4.69, 9.17) is 4.42 Å². The number of furan rings is 1. The minimum Gasteiger partial charge on any atom is -0.461 e. The number of H-pyrrole nitrogens is 1. The van der Waals surface area contributed by atoms with E-state index in [9.17, 15) is 22.8 Å². The van der Waals surface area contributed by atoms with Crippen molar-refractivity contribution < 1.29 is 36.9 Å². The molecule has 134 valence electrons. The molecule has 3 N–H and O–H groups in total. The average Bonchev–Trinajstić information content (AvgIpc) is 3.09. The number of anilines is 1. The van der Waals surface area contributed by atoms with Crippen LogP contribution in [0.5, 0.6) is 0 Å². The van der Waals surface area contributed by atoms with E-state index in [1.54, 1.807) is 5.32 Å². The first-order valence-electron chi connectivity index (χ1n) is 7.15. The number of aromatic amines is 1. The number of halogens is 3. The predicted octanol–water partition coefficient (Wildman–Crippen LogP) is 1.76. The summed E-state index contributed by atoms with van der Waals surface area (Å²) in [5.41, 5.74) is -3.51. The van der Waals surface area contributed by atoms with Crippen molar-refractivity contribution in [1.29, 1.82) is 0 Å². The van der Waals surface area contributed by atoms with Crippen molar-refractivity contribution in [3.8, 4) is 0 Å². The summed E-state index contributed by atoms with van der Waals surface area (Å²) in [5.74, 6) is -3.50. The predicted molar refractivity (Wildman–Crippen MR) is 78.2 cm³/mol. The van der Waals surface area contributed by atoms with Crippen LogP contribution in [0.2, 0.25) is 0 Å². The Bertz CT molecular complexity index is 719. The van der Waals surface area contributed by atoms with Gasteiger partial charge in [-0.15, -0.1) is 0 Å². The third-order valence-corrected chi connectivity index (χ3v) is 3.08. The number of amides is 1. The molecule has 2 aromatic heterocycles. The molecule has 1 amide bonds. The summed E-state index contributed by atoms with van der Waals surface area (Å²) < 4.78 is 50.8. The van der Waals surface area contributed by atoms with Gasteiger partial charge in [-0.1, -0.05) is 6.07 Å². The molecule has 0 saturated heterocycles. The third kappa shape index (κ3) is 3.90. The van der Waals surface area contributed by atoms with Gasteiger partial charge in [0.05, 0.1) is 19.1 Å². The number of rotatable bonds is 6. The average molecular weight is 358 g/mol. The van der Waals surface area contributed by atoms with Crippen molar-refractivity contribution >= 4 is 17.7 Å². The Morgan fingerprint density at radius 3 is 2.52 bits per heavy atom. The normalized spacial score (nSPS) is 13.6. The molecule has 25 heavy (non-hydrogen) atoms. The van der Waals surface area contributed by atoms with Gasteiger partial charge in [0, 0.05) is 6.07 Å². The van der Waals surface area contributed by atoms with Crippen LogP contribution < -0.4 is 15.6 Å². The monoisotopic (exact) mass is 358 g/mol. The second-order valence-electron chi connectivity index (χ2n) is 4.80. The van der Waals surface area contributed by atoms with E-state index in [1.165, 1.54) is 37.4 Å². The summed E-state index contributed by atoms with van der Waals surface area (Å²) in [4.78, 5) is 26.8. The highest BCUT2D eigenvalue weighted by Crippen LogP contribution is 2.32. The van der Waals surface area contributed by atoms with Gasteiger partial charge in [-0.2, -0.15) is 13.2 Å². The highest BCUT2D eigenvalue weighted by atomic mass is 19.4. The zero-order valence-electron chi connectivity index (χ0n) is 13.0. The summed E-state index contributed by atoms with van der Waals surface area (Å²) in [5, 5.41) is 3.62. The summed E-state index contributed by atoms with van der Waals surface area (Å²) in [7, 11) is 0. The van der Waals surface area contributed by atoms with Gasteiger partial charge in [0.25, 0.3) is 11.7 Å². The van der Waals surface area contributed by atoms with Gasteiger partial charge in [-0.05, 0) is 25.1 Å². The lowest BCUT2D eigenvalue weighted by Crippen LogP contribution is -2.69. The number of carbonyl (C=O) groups is 2. The van der Waals surface area contributed by atoms with Gasteiger partial charge < -0.3 is 9.15 Å². The van der Waals surface area contributed by atoms with Gasteiger partial charge >= 0.3 is 17.8 Å². The van der Waals surface area contributed by atoms with Crippen molar-refractivity contribution in [2.75, 3.05) is 11.9 Å². The lowest BCUT2D eigenvalue weighted by atomic mass is 10.1. The van der Waals surface area contributed by atoms with Crippen molar-refractivity contribution in [3.63, 3.8) is 0 Å². The molecule has 2 rings (SSSR count). The Hall–Kier alpha value is -3.04. The molecule has 2 heterocycles. The van der Waals surface area contributed by atoms with Gasteiger partial charge in [0.15, 0.2) is 5.76 Å². The van der Waals surface area contributed by atoms with E-state index in [2.05, 4.69) is 9.72 Å². The molecular formula is C15H15F3N3O4+. The Balaban J connectivity index is 2.46. The Morgan fingerprint density at radius 1 is 1.24 bits per heavy atom. The molecule has 0 radical (unpaired) electrons. The van der Waals surface area contributed by atoms with Gasteiger partial charge in [-0.3, -0.25) is 10.1 Å². The fourth-order valence-electron chi connectivity index (χ4n) is 1.94. The molecule has 0 unspecified atom stereocenters. The number of hydrogen-bond donors (Lipinski definition) is 2. The van der Waals surface area contributed by atoms with E-state index in [-0.39, 0.29) is 12.4 Å². The quantitative estimate of drug-likeness (QED) is 0.606. The smallest absolute Gasteiger partial charge is 0.461 e. The Labute approximate surface area is 140 Å². The van der Waals surface area contributed by atoms with Gasteiger partial charge in [-0.25, -0.2) is 15.1 Å². The number of hydrogen-bond acceptors (Lipinski definition) is 5. The zero-order chi connectivity index (χ0) is 18.5. The van der Waals surface area contributed by atoms with Gasteiger partial charge in [0.1, 0.15) is 0 Å². The minimum absolute atomic E-state index is 0.160. The number of ether oxygens (including phenoxy) is 1. The highest BCUT2D eigenvalue weighted by Gasteiger charge is 2.68. The van der Waals surface area contributed by atoms with Crippen molar-refractivity contribution in [2.24, 2.45) is 0 Å². The minimum atomic E-state index is -5.22. The van der Waals surface area contributed by atoms with Crippen molar-refractivity contribution in [3.05, 3.63) is 48.6 Å². The maximum absolute atomic E-state index is 13.8. The van der Waals surface area contributed by atoms with E-state index < -0.39 is 29.5 Å². The highest BCUT2D eigenvalue weighted by molar-refractivity contribution is 5.97. The molecule has 0 aliphatic heterocycles. The van der Waals surface area contributed by atoms with E-state index in [0.29, 0.717) is 0 Å². The van der Waals surface area contributed by atoms with E-state index in [0.717, 1.165) is 12.3 Å². The van der Waals surface area contributed by atoms with Crippen LogP contribution >= 0.6 is 0 Å². The molecule has 7 nitrogen and oxygen atoms in total. The number of aromatic nitrogens is 1. The maximum atomic E-state index is 13.8. The fourth-order valence-corrected chi connectivity index (χ4v) is 1.94. The van der Waals surface area contributed by atoms with Gasteiger partial charge in [0.2, 0.25) is 0 Å². The Morgan fingerprint density at radius 2 is 2.00 bits per heavy atom. The summed E-state index contributed by atoms with van der Waals surface area (Å²) >= 11 is 0. The first-order valence-corrected chi connectivity index (χ1v) is 7.15. The third-order valence-electron chi connectivity index (χ3n) is 3.08. The largest absolute Gasteiger partial charge is 0.464 e. The lowest BCUT2D eigenvalue weighted by Gasteiger charge is -2.30. The second-order valence-corrected chi connectivity index (χ2v) is 4.80. The molecule has 1 atom stereocenters. The number of nitrogens with one attached hydrogen (secondary N) is 3. The fraction of sp³-hybridized carbons (Fsp3) is 0.267. The molecule has 0 aliphatic rings. The van der Waals surface area contributed by atoms with Crippen molar-refractivity contribution in [2.45, 2.75) is 18.8 Å². The maximum Gasteiger partial charge on any atom is 0.464 e. The second kappa shape index (κ2) is 7.24. The van der Waals surface area contributed by atoms with Crippen LogP contribution in [-0.2, 0) is 9.53 Å². The molecule has 0 bridgehead atoms. The number of carbonyl (C=O) groups excluding carboxylic acids is 2. The first-order chi connectivity index (χ1) is 11.8. The molecule has 0 aliphatic carbocycles. The molecule has 2 aromatic rings. The van der Waals surface area contributed by atoms with Crippen LogP contribution in [0.4, 0.5) is 19.0 Å². The zero-order valence-corrected chi connectivity index (χ0v) is 13.0. The lowest BCUT2D eigenvalue weighted by molar-refractivity contribution is -0.363. The standard InChI is InChI=1S/C15H14F3N3O4/c1-2-24-13(23)14(15(16,17)18,20-11-7-3-4-8-19-11)21-12(22)10-6-5-9-25-10/h3-9H,2H2,1H3,(H,19,20)(H,21,22)/p+1/t14-/m0/s1. The molecule has 0 saturated carbocycles. The van der Waals surface area contributed by atoms with Crippen LogP contribution in [0.1, 0.15) is 17.5 Å². The van der Waals surface area contributed by atoms with Crippen LogP contribution in [0.3, 0.4) is 0 Å². The first kappa shape index (κ1) is 18.3. The van der Waals surface area contributed by atoms with Crippen LogP contribution in [-0.4, -0.2) is 30.3 Å². The van der Waals surface area contributed by atoms with E-state index in [1.807, 2.05) is 5.32 Å². The molecule has 0 fully saturated rings. The SMILES string of the molecule is CCOC(=O)[C@@](NC(=O)c1ccco1)(Nc1cccc[nH+]1)C(F)(F)F.